The van der Waals surface area contributed by atoms with Crippen LogP contribution in [0.3, 0.4) is 0 Å². The third-order valence-electron chi connectivity index (χ3n) is 2.18. The van der Waals surface area contributed by atoms with E-state index in [-0.39, 0.29) is 12.4 Å². The van der Waals surface area contributed by atoms with Crippen molar-refractivity contribution in [3.05, 3.63) is 0 Å². The lowest BCUT2D eigenvalue weighted by Gasteiger charge is -2.05. The van der Waals surface area contributed by atoms with Crippen molar-refractivity contribution >= 4 is 42.6 Å². The summed E-state index contributed by atoms with van der Waals surface area (Å²) in [6.07, 6.45) is 8.83. The van der Waals surface area contributed by atoms with Crippen molar-refractivity contribution in [1.29, 1.82) is 0 Å². The highest BCUT2D eigenvalue weighted by atomic mass is 35.5. The first-order valence-electron chi connectivity index (χ1n) is 4.86. The Morgan fingerprint density at radius 1 is 1.31 bits per heavy atom. The van der Waals surface area contributed by atoms with Gasteiger partial charge in [0.2, 0.25) is 0 Å². The predicted molar refractivity (Wildman–Crippen MR) is 73.3 cm³/mol. The zero-order valence-electron chi connectivity index (χ0n) is 8.25. The summed E-state index contributed by atoms with van der Waals surface area (Å²) in [5.74, 6) is 1.39. The van der Waals surface area contributed by atoms with Crippen LogP contribution < -0.4 is 0 Å². The van der Waals surface area contributed by atoms with Crippen molar-refractivity contribution in [2.75, 3.05) is 18.6 Å². The smallest absolute Gasteiger partial charge is 0.0159 e. The lowest BCUT2D eigenvalue weighted by Crippen LogP contribution is -1.96. The van der Waals surface area contributed by atoms with Crippen LogP contribution in [0.25, 0.3) is 0 Å². The molecule has 0 bridgehead atoms. The van der Waals surface area contributed by atoms with Crippen LogP contribution in [0.1, 0.15) is 32.1 Å². The van der Waals surface area contributed by atoms with Crippen molar-refractivity contribution in [2.24, 2.45) is 0 Å². The fourth-order valence-electron chi connectivity index (χ4n) is 1.42. The molecule has 0 aromatic carbocycles. The predicted octanol–water partition coefficient (Wildman–Crippen LogP) is 4.43. The van der Waals surface area contributed by atoms with E-state index < -0.39 is 0 Å². The molecule has 0 spiro atoms. The lowest BCUT2D eigenvalue weighted by molar-refractivity contribution is 0.644. The molecule has 1 rings (SSSR count). The Bertz CT molecular complexity index is 108. The second-order valence-corrected chi connectivity index (χ2v) is 7.28. The lowest BCUT2D eigenvalue weighted by atomic mass is 10.1. The molecular formula is C9H20ClPS2. The van der Waals surface area contributed by atoms with Crippen LogP contribution in [-0.2, 0) is 0 Å². The van der Waals surface area contributed by atoms with E-state index in [2.05, 4.69) is 28.3 Å². The normalized spacial score (nSPS) is 22.4. The molecule has 0 aliphatic carbocycles. The molecule has 2 atom stereocenters. The van der Waals surface area contributed by atoms with Crippen LogP contribution in [0.5, 0.6) is 0 Å². The van der Waals surface area contributed by atoms with E-state index in [0.29, 0.717) is 0 Å². The molecule has 80 valence electrons. The zero-order valence-corrected chi connectivity index (χ0v) is 11.7. The maximum atomic E-state index is 2.31. The molecule has 13 heavy (non-hydrogen) atoms. The maximum absolute atomic E-state index is 2.31. The molecule has 4 heteroatoms. The second kappa shape index (κ2) is 9.96. The summed E-state index contributed by atoms with van der Waals surface area (Å²) in [5.41, 5.74) is 0. The third kappa shape index (κ3) is 7.36. The summed E-state index contributed by atoms with van der Waals surface area (Å²) in [6, 6.07) is 0. The minimum atomic E-state index is 0. The van der Waals surface area contributed by atoms with Gasteiger partial charge in [-0.15, -0.1) is 21.0 Å². The monoisotopic (exact) mass is 258 g/mol. The summed E-state index contributed by atoms with van der Waals surface area (Å²) in [4.78, 5) is 0. The van der Waals surface area contributed by atoms with Gasteiger partial charge in [-0.2, -0.15) is 0 Å². The van der Waals surface area contributed by atoms with Gasteiger partial charge in [0.05, 0.1) is 0 Å². The van der Waals surface area contributed by atoms with Gasteiger partial charge in [-0.1, -0.05) is 34.4 Å². The average Bonchev–Trinajstić information content (AvgIpc) is 2.57. The van der Waals surface area contributed by atoms with E-state index in [9.17, 15) is 0 Å². The molecule has 0 radical (unpaired) electrons. The Balaban J connectivity index is 0.00000144. The molecule has 2 unspecified atom stereocenters. The van der Waals surface area contributed by atoms with E-state index in [1.54, 1.807) is 0 Å². The standard InChI is InChI=1S/C9H19PS2.ClH/c1-10-7-4-2-3-5-9-6-8-11-12-9;/h9-10H,2-8H2,1H3;1H. The Labute approximate surface area is 98.4 Å². The van der Waals surface area contributed by atoms with Gasteiger partial charge >= 0.3 is 0 Å². The van der Waals surface area contributed by atoms with Gasteiger partial charge in [0.15, 0.2) is 0 Å². The molecule has 1 saturated heterocycles. The number of rotatable bonds is 6. The maximum Gasteiger partial charge on any atom is 0.0159 e. The SMILES string of the molecule is CPCCCCCC1CCSS1.Cl. The zero-order chi connectivity index (χ0) is 8.65. The third-order valence-corrected chi connectivity index (χ3v) is 6.04. The molecule has 0 nitrogen and oxygen atoms in total. The molecule has 1 aliphatic rings. The molecule has 0 aromatic heterocycles. The Morgan fingerprint density at radius 3 is 2.77 bits per heavy atom. The highest BCUT2D eigenvalue weighted by Crippen LogP contribution is 2.39. The van der Waals surface area contributed by atoms with Crippen molar-refractivity contribution in [2.45, 2.75) is 37.4 Å². The van der Waals surface area contributed by atoms with Gasteiger partial charge < -0.3 is 0 Å². The minimum absolute atomic E-state index is 0. The minimum Gasteiger partial charge on any atom is -0.147 e. The molecule has 1 aliphatic heterocycles. The Morgan fingerprint density at radius 2 is 2.15 bits per heavy atom. The quantitative estimate of drug-likeness (QED) is 0.393. The van der Waals surface area contributed by atoms with Crippen LogP contribution in [0.2, 0.25) is 0 Å². The van der Waals surface area contributed by atoms with Gasteiger partial charge in [-0.25, -0.2) is 0 Å². The van der Waals surface area contributed by atoms with E-state index in [1.165, 1.54) is 52.6 Å². The van der Waals surface area contributed by atoms with E-state index in [1.807, 2.05) is 0 Å². The highest BCUT2D eigenvalue weighted by Gasteiger charge is 2.15. The molecule has 1 fully saturated rings. The summed E-state index contributed by atoms with van der Waals surface area (Å²) < 4.78 is 0. The van der Waals surface area contributed by atoms with Gasteiger partial charge in [-0.3, -0.25) is 0 Å². The Kier molecular flexibility index (Phi) is 11.0. The number of hydrogen-bond acceptors (Lipinski definition) is 2. The fraction of sp³-hybridized carbons (Fsp3) is 1.00. The molecule has 0 aromatic rings. The first-order chi connectivity index (χ1) is 5.93. The van der Waals surface area contributed by atoms with E-state index in [0.717, 1.165) is 5.25 Å². The number of unbranched alkanes of at least 4 members (excludes halogenated alkanes) is 2. The molecular weight excluding hydrogens is 239 g/mol. The fourth-order valence-corrected chi connectivity index (χ4v) is 5.05. The van der Waals surface area contributed by atoms with E-state index >= 15 is 0 Å². The highest BCUT2D eigenvalue weighted by molar-refractivity contribution is 8.77. The van der Waals surface area contributed by atoms with Gasteiger partial charge in [-0.05, 0) is 32.1 Å². The molecule has 0 amide bonds. The van der Waals surface area contributed by atoms with Crippen molar-refractivity contribution in [3.63, 3.8) is 0 Å². The van der Waals surface area contributed by atoms with Crippen LogP contribution >= 0.6 is 42.6 Å². The van der Waals surface area contributed by atoms with E-state index in [4.69, 9.17) is 0 Å². The van der Waals surface area contributed by atoms with Crippen molar-refractivity contribution in [1.82, 2.24) is 0 Å². The number of halogens is 1. The summed E-state index contributed by atoms with van der Waals surface area (Å²) in [5, 5.41) is 0.999. The van der Waals surface area contributed by atoms with Crippen molar-refractivity contribution in [3.8, 4) is 0 Å². The average molecular weight is 259 g/mol. The first kappa shape index (κ1) is 14.4. The van der Waals surface area contributed by atoms with Crippen LogP contribution in [0.4, 0.5) is 0 Å². The molecule has 0 saturated carbocycles. The van der Waals surface area contributed by atoms with Gasteiger partial charge in [0.25, 0.3) is 0 Å². The van der Waals surface area contributed by atoms with Gasteiger partial charge in [0.1, 0.15) is 0 Å². The Hall–Kier alpha value is 1.42. The van der Waals surface area contributed by atoms with Gasteiger partial charge in [0, 0.05) is 11.0 Å². The summed E-state index contributed by atoms with van der Waals surface area (Å²) >= 11 is 0. The topological polar surface area (TPSA) is 0 Å². The van der Waals surface area contributed by atoms with Crippen molar-refractivity contribution < 1.29 is 0 Å². The molecule has 0 N–H and O–H groups in total. The largest absolute Gasteiger partial charge is 0.147 e. The summed E-state index contributed by atoms with van der Waals surface area (Å²) in [6.45, 7) is 2.31. The first-order valence-corrected chi connectivity index (χ1v) is 8.95. The van der Waals surface area contributed by atoms with Crippen LogP contribution in [-0.4, -0.2) is 23.8 Å². The summed E-state index contributed by atoms with van der Waals surface area (Å²) in [7, 11) is 5.36. The van der Waals surface area contributed by atoms with Crippen LogP contribution in [0.15, 0.2) is 0 Å². The molecule has 1 heterocycles. The number of hydrogen-bond donors (Lipinski definition) is 0. The second-order valence-electron chi connectivity index (χ2n) is 3.28. The van der Waals surface area contributed by atoms with Crippen LogP contribution in [0, 0.1) is 0 Å².